The zero-order valence-corrected chi connectivity index (χ0v) is 30.1. The van der Waals surface area contributed by atoms with Gasteiger partial charge in [0.15, 0.2) is 0 Å². The summed E-state index contributed by atoms with van der Waals surface area (Å²) in [5.74, 6) is 0.788. The quantitative estimate of drug-likeness (QED) is 0.291. The number of piperazine rings is 1. The van der Waals surface area contributed by atoms with E-state index >= 15 is 0 Å². The highest BCUT2D eigenvalue weighted by Crippen LogP contribution is 2.40. The molecular formula is C39H47ClN8O3. The summed E-state index contributed by atoms with van der Waals surface area (Å²) < 4.78 is 12.1. The lowest BCUT2D eigenvalue weighted by Crippen LogP contribution is -2.56. The molecule has 51 heavy (non-hydrogen) atoms. The molecule has 0 bridgehead atoms. The van der Waals surface area contributed by atoms with E-state index in [9.17, 15) is 10.1 Å². The van der Waals surface area contributed by atoms with Crippen molar-refractivity contribution in [3.05, 3.63) is 64.8 Å². The normalized spacial score (nSPS) is 22.1. The summed E-state index contributed by atoms with van der Waals surface area (Å²) in [5.41, 5.74) is 3.78. The van der Waals surface area contributed by atoms with Gasteiger partial charge in [-0.2, -0.15) is 15.2 Å². The van der Waals surface area contributed by atoms with Gasteiger partial charge >= 0.3 is 6.01 Å². The van der Waals surface area contributed by atoms with Crippen LogP contribution >= 0.6 is 11.6 Å². The van der Waals surface area contributed by atoms with E-state index in [1.165, 1.54) is 12.8 Å². The summed E-state index contributed by atoms with van der Waals surface area (Å²) >= 11 is 6.78. The van der Waals surface area contributed by atoms with Crippen molar-refractivity contribution in [1.82, 2.24) is 24.7 Å². The van der Waals surface area contributed by atoms with Crippen molar-refractivity contribution in [3.8, 4) is 12.1 Å². The Morgan fingerprint density at radius 2 is 1.80 bits per heavy atom. The number of amides is 1. The van der Waals surface area contributed by atoms with Gasteiger partial charge in [-0.1, -0.05) is 42.4 Å². The summed E-state index contributed by atoms with van der Waals surface area (Å²) in [5, 5.41) is 12.8. The first-order valence-electron chi connectivity index (χ1n) is 18.5. The van der Waals surface area contributed by atoms with E-state index in [4.69, 9.17) is 31.0 Å². The average Bonchev–Trinajstić information content (AvgIpc) is 3.74. The van der Waals surface area contributed by atoms with Crippen LogP contribution in [0.5, 0.6) is 6.01 Å². The van der Waals surface area contributed by atoms with Gasteiger partial charge in [0, 0.05) is 68.0 Å². The summed E-state index contributed by atoms with van der Waals surface area (Å²) in [6.07, 6.45) is 5.67. The van der Waals surface area contributed by atoms with Gasteiger partial charge in [-0.15, -0.1) is 0 Å². The monoisotopic (exact) mass is 710 g/mol. The third-order valence-electron chi connectivity index (χ3n) is 11.7. The van der Waals surface area contributed by atoms with Gasteiger partial charge in [0.05, 0.1) is 54.5 Å². The Hall–Kier alpha value is -3.95. The van der Waals surface area contributed by atoms with E-state index in [0.29, 0.717) is 64.1 Å². The number of ether oxygens (including phenoxy) is 2. The Balaban J connectivity index is 1.08. The van der Waals surface area contributed by atoms with Gasteiger partial charge in [-0.25, -0.2) is 0 Å². The molecular weight excluding hydrogens is 664 g/mol. The number of benzene rings is 2. The largest absolute Gasteiger partial charge is 0.461 e. The number of hydrogen-bond donors (Lipinski definition) is 0. The van der Waals surface area contributed by atoms with E-state index in [2.05, 4.69) is 56.5 Å². The van der Waals surface area contributed by atoms with Crippen LogP contribution in [0, 0.1) is 11.3 Å². The van der Waals surface area contributed by atoms with Crippen LogP contribution in [0.3, 0.4) is 0 Å². The lowest BCUT2D eigenvalue weighted by molar-refractivity contribution is -0.130. The molecule has 0 spiro atoms. The number of hydrogen-bond acceptors (Lipinski definition) is 10. The van der Waals surface area contributed by atoms with E-state index in [1.54, 1.807) is 0 Å². The average molecular weight is 711 g/mol. The molecule has 0 aliphatic carbocycles. The molecule has 6 heterocycles. The van der Waals surface area contributed by atoms with E-state index in [0.717, 1.165) is 90.5 Å². The Bertz CT molecular complexity index is 1830. The molecule has 2 aromatic carbocycles. The van der Waals surface area contributed by atoms with Crippen molar-refractivity contribution in [1.29, 1.82) is 5.26 Å². The Morgan fingerprint density at radius 3 is 2.59 bits per heavy atom. The smallest absolute Gasteiger partial charge is 0.318 e. The van der Waals surface area contributed by atoms with Crippen LogP contribution in [0.1, 0.15) is 43.4 Å². The molecule has 0 N–H and O–H groups in total. The SMILES string of the molecule is C=C(CN1CCOCC1)C(=O)N1CCN(c2nc(OCC34CCCN3CCC4)nc3c2CCN(c2cccc4cccc(Cl)c24)C3)C[C@@H]1CC#N. The topological polar surface area (TPSA) is 101 Å². The van der Waals surface area contributed by atoms with Crippen LogP contribution in [-0.4, -0.2) is 121 Å². The van der Waals surface area contributed by atoms with Gasteiger partial charge in [-0.3, -0.25) is 14.6 Å². The molecule has 5 aliphatic heterocycles. The van der Waals surface area contributed by atoms with E-state index in [1.807, 2.05) is 17.0 Å². The number of carbonyl (C=O) groups is 1. The number of morpholine rings is 1. The van der Waals surface area contributed by atoms with Crippen LogP contribution in [0.15, 0.2) is 48.6 Å². The molecule has 12 heteroatoms. The second kappa shape index (κ2) is 14.6. The van der Waals surface area contributed by atoms with Crippen molar-refractivity contribution in [3.63, 3.8) is 0 Å². The molecule has 5 aliphatic rings. The Labute approximate surface area is 305 Å². The first-order chi connectivity index (χ1) is 24.9. The Morgan fingerprint density at radius 1 is 1.02 bits per heavy atom. The standard InChI is InChI=1S/C39H47ClN8O3/c1-28(24-44-20-22-50-23-21-44)37(49)48-19-18-46(25-30(48)10-14-41)36-31-11-17-45(34-9-3-7-29-6-2-8-32(40)35(29)34)26-33(31)42-38(43-36)51-27-39-12-4-15-47(39)16-5-13-39/h2-3,6-9,30H,1,4-5,10-13,15-27H2/t30-/m0/s1. The highest BCUT2D eigenvalue weighted by Gasteiger charge is 2.45. The van der Waals surface area contributed by atoms with Crippen molar-refractivity contribution in [2.75, 3.05) is 88.5 Å². The number of fused-ring (bicyclic) bond motifs is 3. The fraction of sp³-hybridized carbons (Fsp3) is 0.538. The van der Waals surface area contributed by atoms with Gasteiger partial charge in [0.2, 0.25) is 0 Å². The first kappa shape index (κ1) is 34.2. The highest BCUT2D eigenvalue weighted by atomic mass is 35.5. The number of nitriles is 1. The second-order valence-corrected chi connectivity index (χ2v) is 15.1. The second-order valence-electron chi connectivity index (χ2n) is 14.7. The van der Waals surface area contributed by atoms with E-state index < -0.39 is 0 Å². The summed E-state index contributed by atoms with van der Waals surface area (Å²) in [6, 6.07) is 14.8. The highest BCUT2D eigenvalue weighted by molar-refractivity contribution is 6.36. The number of halogens is 1. The minimum absolute atomic E-state index is 0.0681. The lowest BCUT2D eigenvalue weighted by Gasteiger charge is -2.43. The van der Waals surface area contributed by atoms with Crippen LogP contribution in [0.2, 0.25) is 5.02 Å². The molecule has 1 atom stereocenters. The lowest BCUT2D eigenvalue weighted by atomic mass is 9.95. The maximum absolute atomic E-state index is 13.8. The molecule has 0 unspecified atom stereocenters. The van der Waals surface area contributed by atoms with Crippen LogP contribution in [0.25, 0.3) is 10.8 Å². The minimum atomic E-state index is -0.282. The van der Waals surface area contributed by atoms with E-state index in [-0.39, 0.29) is 23.9 Å². The van der Waals surface area contributed by atoms with Gasteiger partial charge in [0.1, 0.15) is 12.4 Å². The van der Waals surface area contributed by atoms with Crippen molar-refractivity contribution >= 4 is 39.8 Å². The molecule has 11 nitrogen and oxygen atoms in total. The first-order valence-corrected chi connectivity index (χ1v) is 18.9. The minimum Gasteiger partial charge on any atom is -0.461 e. The van der Waals surface area contributed by atoms with Crippen molar-refractivity contribution in [2.24, 2.45) is 0 Å². The van der Waals surface area contributed by atoms with Gasteiger partial charge in [-0.05, 0) is 62.7 Å². The fourth-order valence-corrected chi connectivity index (χ4v) is 9.29. The summed E-state index contributed by atoms with van der Waals surface area (Å²) in [7, 11) is 0. The van der Waals surface area contributed by atoms with Crippen LogP contribution in [-0.2, 0) is 22.5 Å². The predicted molar refractivity (Wildman–Crippen MR) is 198 cm³/mol. The van der Waals surface area contributed by atoms with Gasteiger partial charge < -0.3 is 24.2 Å². The zero-order chi connectivity index (χ0) is 35.0. The van der Waals surface area contributed by atoms with Crippen molar-refractivity contribution < 1.29 is 14.3 Å². The summed E-state index contributed by atoms with van der Waals surface area (Å²) in [6.45, 7) is 13.4. The molecule has 4 saturated heterocycles. The molecule has 8 rings (SSSR count). The third-order valence-corrected chi connectivity index (χ3v) is 12.0. The third kappa shape index (κ3) is 6.75. The number of nitrogens with zero attached hydrogens (tertiary/aromatic N) is 8. The number of aromatic nitrogens is 2. The molecule has 3 aromatic rings. The maximum Gasteiger partial charge on any atom is 0.318 e. The van der Waals surface area contributed by atoms with Crippen LogP contribution in [0.4, 0.5) is 11.5 Å². The Kier molecular flexibility index (Phi) is 9.77. The molecule has 4 fully saturated rings. The molecule has 1 amide bonds. The zero-order valence-electron chi connectivity index (χ0n) is 29.4. The molecule has 0 saturated carbocycles. The van der Waals surface area contributed by atoms with Crippen molar-refractivity contribution in [2.45, 2.75) is 56.7 Å². The predicted octanol–water partition coefficient (Wildman–Crippen LogP) is 4.67. The number of anilines is 2. The number of carbonyl (C=O) groups excluding carboxylic acids is 1. The maximum atomic E-state index is 13.8. The fourth-order valence-electron chi connectivity index (χ4n) is 9.01. The molecule has 1 aromatic heterocycles. The molecule has 0 radical (unpaired) electrons. The van der Waals surface area contributed by atoms with Gasteiger partial charge in [0.25, 0.3) is 5.91 Å². The number of rotatable bonds is 9. The van der Waals surface area contributed by atoms with Crippen LogP contribution < -0.4 is 14.5 Å². The molecule has 268 valence electrons. The summed E-state index contributed by atoms with van der Waals surface area (Å²) in [4.78, 5) is 35.3.